The SMILES string of the molecule is C[C@@H]1[C@H](C)[C@@]2(C=CC13CC(=O)N3)COCO2. The van der Waals surface area contributed by atoms with Crippen molar-refractivity contribution in [3.05, 3.63) is 12.2 Å². The van der Waals surface area contributed by atoms with Crippen LogP contribution in [0.3, 0.4) is 0 Å². The number of rotatable bonds is 0. The van der Waals surface area contributed by atoms with Gasteiger partial charge in [0.25, 0.3) is 0 Å². The Kier molecular flexibility index (Phi) is 1.98. The zero-order valence-corrected chi connectivity index (χ0v) is 9.66. The lowest BCUT2D eigenvalue weighted by Gasteiger charge is -2.52. The molecule has 1 aliphatic carbocycles. The summed E-state index contributed by atoms with van der Waals surface area (Å²) < 4.78 is 11.1. The summed E-state index contributed by atoms with van der Waals surface area (Å²) in [4.78, 5) is 11.1. The average Bonchev–Trinajstić information content (AvgIpc) is 2.68. The summed E-state index contributed by atoms with van der Waals surface area (Å²) in [6, 6.07) is 0. The van der Waals surface area contributed by atoms with E-state index >= 15 is 0 Å². The number of hydrogen-bond donors (Lipinski definition) is 1. The molecule has 0 aromatic carbocycles. The Morgan fingerprint density at radius 2 is 2.12 bits per heavy atom. The molecule has 2 aliphatic heterocycles. The van der Waals surface area contributed by atoms with Crippen molar-refractivity contribution < 1.29 is 14.3 Å². The van der Waals surface area contributed by atoms with Gasteiger partial charge in [-0.25, -0.2) is 0 Å². The van der Waals surface area contributed by atoms with Gasteiger partial charge in [-0.3, -0.25) is 4.79 Å². The lowest BCUT2D eigenvalue weighted by Crippen LogP contribution is -2.68. The van der Waals surface area contributed by atoms with E-state index in [2.05, 4.69) is 31.3 Å². The lowest BCUT2D eigenvalue weighted by molar-refractivity contribution is -0.136. The summed E-state index contributed by atoms with van der Waals surface area (Å²) in [6.07, 6.45) is 4.80. The van der Waals surface area contributed by atoms with Crippen molar-refractivity contribution in [3.8, 4) is 0 Å². The number of carbonyl (C=O) groups excluding carboxylic acids is 1. The van der Waals surface area contributed by atoms with E-state index in [9.17, 15) is 4.79 Å². The molecular weight excluding hydrogens is 206 g/mol. The fraction of sp³-hybridized carbons (Fsp3) is 0.750. The van der Waals surface area contributed by atoms with Crippen LogP contribution in [0.1, 0.15) is 20.3 Å². The van der Waals surface area contributed by atoms with Gasteiger partial charge in [0.1, 0.15) is 12.4 Å². The Morgan fingerprint density at radius 3 is 2.69 bits per heavy atom. The van der Waals surface area contributed by atoms with Gasteiger partial charge in [-0.15, -0.1) is 0 Å². The van der Waals surface area contributed by atoms with Crippen LogP contribution in [-0.4, -0.2) is 30.4 Å². The van der Waals surface area contributed by atoms with Gasteiger partial charge in [0.05, 0.1) is 18.6 Å². The molecule has 0 aromatic rings. The Labute approximate surface area is 95.0 Å². The largest absolute Gasteiger partial charge is 0.352 e. The summed E-state index contributed by atoms with van der Waals surface area (Å²) in [5.74, 6) is 0.862. The van der Waals surface area contributed by atoms with E-state index in [-0.39, 0.29) is 17.0 Å². The Bertz CT molecular complexity index is 349. The second kappa shape index (κ2) is 3.08. The number of amides is 1. The van der Waals surface area contributed by atoms with Crippen molar-refractivity contribution in [1.29, 1.82) is 0 Å². The van der Waals surface area contributed by atoms with Crippen LogP contribution in [0, 0.1) is 11.8 Å². The Morgan fingerprint density at radius 1 is 1.38 bits per heavy atom. The van der Waals surface area contributed by atoms with Gasteiger partial charge in [0.2, 0.25) is 5.91 Å². The minimum absolute atomic E-state index is 0.131. The topological polar surface area (TPSA) is 47.6 Å². The van der Waals surface area contributed by atoms with Crippen molar-refractivity contribution in [2.24, 2.45) is 11.8 Å². The molecular formula is C12H17NO3. The molecule has 0 bridgehead atoms. The van der Waals surface area contributed by atoms with Crippen LogP contribution < -0.4 is 5.32 Å². The molecule has 4 heteroatoms. The van der Waals surface area contributed by atoms with Crippen molar-refractivity contribution >= 4 is 5.91 Å². The van der Waals surface area contributed by atoms with Gasteiger partial charge in [0, 0.05) is 0 Å². The Hall–Kier alpha value is -0.870. The smallest absolute Gasteiger partial charge is 0.223 e. The molecule has 3 aliphatic rings. The second-order valence-corrected chi connectivity index (χ2v) is 5.24. The highest BCUT2D eigenvalue weighted by Crippen LogP contribution is 2.46. The predicted octanol–water partition coefficient (Wildman–Crippen LogP) is 0.830. The molecule has 16 heavy (non-hydrogen) atoms. The number of β-lactam (4-membered cyclic amide) rings is 1. The maximum atomic E-state index is 11.1. The third kappa shape index (κ3) is 1.14. The van der Waals surface area contributed by atoms with Crippen molar-refractivity contribution in [2.75, 3.05) is 13.4 Å². The van der Waals surface area contributed by atoms with Crippen LogP contribution in [0.25, 0.3) is 0 Å². The van der Waals surface area contributed by atoms with Gasteiger partial charge in [-0.1, -0.05) is 26.0 Å². The van der Waals surface area contributed by atoms with E-state index in [1.807, 2.05) is 0 Å². The number of hydrogen-bond acceptors (Lipinski definition) is 3. The number of nitrogens with one attached hydrogen (secondary N) is 1. The fourth-order valence-corrected chi connectivity index (χ4v) is 3.10. The molecule has 4 atom stereocenters. The molecule has 2 heterocycles. The highest BCUT2D eigenvalue weighted by molar-refractivity contribution is 5.86. The fourth-order valence-electron chi connectivity index (χ4n) is 3.10. The van der Waals surface area contributed by atoms with Gasteiger partial charge in [-0.2, -0.15) is 0 Å². The van der Waals surface area contributed by atoms with Crippen LogP contribution >= 0.6 is 0 Å². The van der Waals surface area contributed by atoms with Crippen LogP contribution in [0.15, 0.2) is 12.2 Å². The monoisotopic (exact) mass is 223 g/mol. The average molecular weight is 223 g/mol. The zero-order chi connectivity index (χ0) is 11.4. The lowest BCUT2D eigenvalue weighted by atomic mass is 9.62. The van der Waals surface area contributed by atoms with Crippen LogP contribution in [-0.2, 0) is 14.3 Å². The summed E-state index contributed by atoms with van der Waals surface area (Å²) in [6.45, 7) is 5.35. The molecule has 2 saturated heterocycles. The van der Waals surface area contributed by atoms with Crippen molar-refractivity contribution in [1.82, 2.24) is 5.32 Å². The zero-order valence-electron chi connectivity index (χ0n) is 9.66. The number of carbonyl (C=O) groups is 1. The van der Waals surface area contributed by atoms with E-state index in [1.165, 1.54) is 0 Å². The Balaban J connectivity index is 1.92. The van der Waals surface area contributed by atoms with Gasteiger partial charge >= 0.3 is 0 Å². The van der Waals surface area contributed by atoms with Crippen LogP contribution in [0.4, 0.5) is 0 Å². The predicted molar refractivity (Wildman–Crippen MR) is 57.6 cm³/mol. The molecule has 0 saturated carbocycles. The van der Waals surface area contributed by atoms with E-state index in [1.54, 1.807) is 0 Å². The molecule has 0 aromatic heterocycles. The van der Waals surface area contributed by atoms with Gasteiger partial charge in [-0.05, 0) is 11.8 Å². The van der Waals surface area contributed by atoms with E-state index in [0.29, 0.717) is 31.7 Å². The molecule has 88 valence electrons. The van der Waals surface area contributed by atoms with Gasteiger partial charge in [0.15, 0.2) is 0 Å². The van der Waals surface area contributed by atoms with Gasteiger partial charge < -0.3 is 14.8 Å². The van der Waals surface area contributed by atoms with E-state index in [0.717, 1.165) is 0 Å². The summed E-state index contributed by atoms with van der Waals surface area (Å²) in [7, 11) is 0. The standard InChI is InChI=1S/C12H17NO3/c1-8-9(2)12(6-15-7-16-12)4-3-11(8)5-10(14)13-11/h3-4,8-9H,5-7H2,1-2H3,(H,13,14)/t8-,9+,11?,12-/m1/s1. The van der Waals surface area contributed by atoms with Crippen LogP contribution in [0.2, 0.25) is 0 Å². The first-order valence-electron chi connectivity index (χ1n) is 5.81. The van der Waals surface area contributed by atoms with E-state index in [4.69, 9.17) is 9.47 Å². The minimum atomic E-state index is -0.273. The first-order valence-corrected chi connectivity index (χ1v) is 5.81. The van der Waals surface area contributed by atoms with Crippen molar-refractivity contribution in [2.45, 2.75) is 31.4 Å². The highest BCUT2D eigenvalue weighted by atomic mass is 16.7. The molecule has 0 radical (unpaired) electrons. The highest BCUT2D eigenvalue weighted by Gasteiger charge is 2.55. The maximum absolute atomic E-state index is 11.1. The van der Waals surface area contributed by atoms with Crippen molar-refractivity contribution in [3.63, 3.8) is 0 Å². The molecule has 2 spiro atoms. The molecule has 2 fully saturated rings. The molecule has 1 N–H and O–H groups in total. The third-order valence-corrected chi connectivity index (χ3v) is 4.56. The quantitative estimate of drug-likeness (QED) is 0.489. The third-order valence-electron chi connectivity index (χ3n) is 4.56. The first kappa shape index (κ1) is 10.3. The summed E-state index contributed by atoms with van der Waals surface area (Å²) >= 11 is 0. The molecule has 1 unspecified atom stereocenters. The first-order chi connectivity index (χ1) is 7.58. The maximum Gasteiger partial charge on any atom is 0.223 e. The van der Waals surface area contributed by atoms with E-state index < -0.39 is 0 Å². The summed E-state index contributed by atoms with van der Waals surface area (Å²) in [5.41, 5.74) is -0.404. The molecule has 1 amide bonds. The van der Waals surface area contributed by atoms with Crippen LogP contribution in [0.5, 0.6) is 0 Å². The number of ether oxygens (including phenoxy) is 2. The second-order valence-electron chi connectivity index (χ2n) is 5.24. The molecule has 3 rings (SSSR count). The minimum Gasteiger partial charge on any atom is -0.352 e. The summed E-state index contributed by atoms with van der Waals surface area (Å²) in [5, 5.41) is 3.02. The normalized spacial score (nSPS) is 50.8. The molecule has 4 nitrogen and oxygen atoms in total.